The fraction of sp³-hybridized carbons (Fsp3) is 0.222. The van der Waals surface area contributed by atoms with Crippen LogP contribution in [0.1, 0.15) is 18.1 Å². The van der Waals surface area contributed by atoms with E-state index in [1.807, 2.05) is 60.7 Å². The molecule has 0 aromatic heterocycles. The molecule has 0 radical (unpaired) electrons. The minimum absolute atomic E-state index is 0.326. The molecule has 0 N–H and O–H groups in total. The summed E-state index contributed by atoms with van der Waals surface area (Å²) in [5, 5.41) is 9.65. The number of carbonyl (C=O) groups excluding carboxylic acids is 1. The molecule has 0 spiro atoms. The zero-order chi connectivity index (χ0) is 15.8. The molecule has 0 aliphatic heterocycles. The predicted octanol–water partition coefficient (Wildman–Crippen LogP) is 3.23. The van der Waals surface area contributed by atoms with Crippen molar-refractivity contribution in [2.24, 2.45) is 0 Å². The van der Waals surface area contributed by atoms with Crippen LogP contribution in [0.5, 0.6) is 0 Å². The second-order valence-electron chi connectivity index (χ2n) is 5.09. The number of benzene rings is 2. The third-order valence-corrected chi connectivity index (χ3v) is 3.19. The molecule has 22 heavy (non-hydrogen) atoms. The Bertz CT molecular complexity index is 606. The van der Waals surface area contributed by atoms with Crippen molar-refractivity contribution in [3.8, 4) is 6.07 Å². The lowest BCUT2D eigenvalue weighted by Gasteiger charge is -2.24. The maximum Gasteiger partial charge on any atom is 0.339 e. The van der Waals surface area contributed by atoms with Crippen LogP contribution in [0.3, 0.4) is 0 Å². The van der Waals surface area contributed by atoms with Crippen molar-refractivity contribution in [2.75, 3.05) is 0 Å². The van der Waals surface area contributed by atoms with Gasteiger partial charge in [0.25, 0.3) is 0 Å². The Kier molecular flexibility index (Phi) is 5.29. The number of carbonyl (C=O) groups is 1. The van der Waals surface area contributed by atoms with Crippen molar-refractivity contribution >= 4 is 5.97 Å². The van der Waals surface area contributed by atoms with Gasteiger partial charge in [0, 0.05) is 19.8 Å². The fourth-order valence-electron chi connectivity index (χ4n) is 2.21. The van der Waals surface area contributed by atoms with Gasteiger partial charge in [0.05, 0.1) is 0 Å². The summed E-state index contributed by atoms with van der Waals surface area (Å²) in [5.41, 5.74) is 0.619. The number of nitrogens with zero attached hydrogens (tertiary/aromatic N) is 1. The van der Waals surface area contributed by atoms with Gasteiger partial charge in [-0.2, -0.15) is 10.1 Å². The van der Waals surface area contributed by atoms with E-state index in [9.17, 15) is 10.1 Å². The summed E-state index contributed by atoms with van der Waals surface area (Å²) in [6, 6.07) is 21.2. The standard InChI is InChI=1S/C18H17NO3/c1-15(20)21-22-18(14-19,12-16-8-4-2-5-9-16)13-17-10-6-3-7-11-17/h2-11H,12-13H2,1H3. The first-order valence-electron chi connectivity index (χ1n) is 6.99. The molecular weight excluding hydrogens is 278 g/mol. The second kappa shape index (κ2) is 7.39. The highest BCUT2D eigenvalue weighted by Gasteiger charge is 2.35. The largest absolute Gasteiger partial charge is 0.339 e. The second-order valence-corrected chi connectivity index (χ2v) is 5.09. The lowest BCUT2D eigenvalue weighted by atomic mass is 9.89. The summed E-state index contributed by atoms with van der Waals surface area (Å²) in [6.45, 7) is 1.24. The van der Waals surface area contributed by atoms with E-state index in [-0.39, 0.29) is 0 Å². The first-order chi connectivity index (χ1) is 10.6. The molecule has 112 valence electrons. The van der Waals surface area contributed by atoms with Crippen molar-refractivity contribution in [3.05, 3.63) is 71.8 Å². The molecule has 0 fully saturated rings. The van der Waals surface area contributed by atoms with Crippen molar-refractivity contribution in [1.29, 1.82) is 5.26 Å². The summed E-state index contributed by atoms with van der Waals surface area (Å²) in [5.74, 6) is -0.583. The van der Waals surface area contributed by atoms with Gasteiger partial charge in [-0.25, -0.2) is 4.79 Å². The highest BCUT2D eigenvalue weighted by Crippen LogP contribution is 2.23. The van der Waals surface area contributed by atoms with Gasteiger partial charge < -0.3 is 0 Å². The van der Waals surface area contributed by atoms with Crippen LogP contribution in [0, 0.1) is 11.3 Å². The summed E-state index contributed by atoms with van der Waals surface area (Å²) in [6.07, 6.45) is 0.652. The van der Waals surface area contributed by atoms with Gasteiger partial charge in [-0.1, -0.05) is 60.7 Å². The zero-order valence-electron chi connectivity index (χ0n) is 12.4. The first kappa shape index (κ1) is 15.7. The normalized spacial score (nSPS) is 10.7. The molecule has 0 bridgehead atoms. The Hall–Kier alpha value is -2.64. The van der Waals surface area contributed by atoms with Gasteiger partial charge in [-0.3, -0.25) is 4.89 Å². The Labute approximate surface area is 129 Å². The molecule has 4 heteroatoms. The lowest BCUT2D eigenvalue weighted by molar-refractivity contribution is -0.316. The summed E-state index contributed by atoms with van der Waals surface area (Å²) in [7, 11) is 0. The number of hydrogen-bond donors (Lipinski definition) is 0. The Morgan fingerprint density at radius 2 is 1.45 bits per heavy atom. The molecular formula is C18H17NO3. The molecule has 0 aliphatic rings. The maximum absolute atomic E-state index is 11.1. The molecule has 0 saturated heterocycles. The van der Waals surface area contributed by atoms with Crippen LogP contribution >= 0.6 is 0 Å². The predicted molar refractivity (Wildman–Crippen MR) is 81.5 cm³/mol. The van der Waals surface area contributed by atoms with Crippen LogP contribution in [-0.2, 0) is 27.4 Å². The highest BCUT2D eigenvalue weighted by molar-refractivity contribution is 5.65. The molecule has 0 amide bonds. The van der Waals surface area contributed by atoms with E-state index < -0.39 is 11.6 Å². The van der Waals surface area contributed by atoms with Crippen molar-refractivity contribution < 1.29 is 14.6 Å². The lowest BCUT2D eigenvalue weighted by Crippen LogP contribution is -2.37. The molecule has 0 atom stereocenters. The van der Waals surface area contributed by atoms with E-state index in [4.69, 9.17) is 4.89 Å². The van der Waals surface area contributed by atoms with Gasteiger partial charge in [-0.15, -0.1) is 0 Å². The smallest absolute Gasteiger partial charge is 0.297 e. The molecule has 2 aromatic carbocycles. The van der Waals surface area contributed by atoms with Gasteiger partial charge >= 0.3 is 5.97 Å². The summed E-state index contributed by atoms with van der Waals surface area (Å²) >= 11 is 0. The fourth-order valence-corrected chi connectivity index (χ4v) is 2.21. The van der Waals surface area contributed by atoms with Gasteiger partial charge in [0.15, 0.2) is 0 Å². The quantitative estimate of drug-likeness (QED) is 0.606. The van der Waals surface area contributed by atoms with E-state index >= 15 is 0 Å². The van der Waals surface area contributed by atoms with Crippen molar-refractivity contribution in [1.82, 2.24) is 0 Å². The zero-order valence-corrected chi connectivity index (χ0v) is 12.4. The van der Waals surface area contributed by atoms with Crippen LogP contribution in [0.25, 0.3) is 0 Å². The molecule has 2 rings (SSSR count). The third kappa shape index (κ3) is 4.44. The van der Waals surface area contributed by atoms with Crippen molar-refractivity contribution in [2.45, 2.75) is 25.4 Å². The minimum atomic E-state index is -1.26. The average molecular weight is 295 g/mol. The van der Waals surface area contributed by atoms with Crippen LogP contribution in [0.15, 0.2) is 60.7 Å². The molecule has 0 saturated carbocycles. The van der Waals surface area contributed by atoms with Gasteiger partial charge in [0.1, 0.15) is 6.07 Å². The van der Waals surface area contributed by atoms with Crippen LogP contribution in [0.4, 0.5) is 0 Å². The van der Waals surface area contributed by atoms with Crippen LogP contribution in [0.2, 0.25) is 0 Å². The average Bonchev–Trinajstić information content (AvgIpc) is 2.54. The Morgan fingerprint density at radius 3 is 1.82 bits per heavy atom. The van der Waals surface area contributed by atoms with E-state index in [0.717, 1.165) is 11.1 Å². The van der Waals surface area contributed by atoms with E-state index in [2.05, 4.69) is 11.0 Å². The molecule has 0 heterocycles. The topological polar surface area (TPSA) is 59.3 Å². The summed E-state index contributed by atoms with van der Waals surface area (Å²) < 4.78 is 0. The summed E-state index contributed by atoms with van der Waals surface area (Å²) in [4.78, 5) is 21.0. The van der Waals surface area contributed by atoms with E-state index in [0.29, 0.717) is 12.8 Å². The van der Waals surface area contributed by atoms with E-state index in [1.54, 1.807) is 0 Å². The maximum atomic E-state index is 11.1. The number of hydrogen-bond acceptors (Lipinski definition) is 4. The molecule has 0 unspecified atom stereocenters. The minimum Gasteiger partial charge on any atom is -0.297 e. The van der Waals surface area contributed by atoms with Crippen molar-refractivity contribution in [3.63, 3.8) is 0 Å². The molecule has 4 nitrogen and oxygen atoms in total. The number of rotatable bonds is 6. The third-order valence-electron chi connectivity index (χ3n) is 3.19. The van der Waals surface area contributed by atoms with E-state index in [1.165, 1.54) is 6.92 Å². The van der Waals surface area contributed by atoms with Crippen LogP contribution in [-0.4, -0.2) is 11.6 Å². The molecule has 2 aromatic rings. The number of nitriles is 1. The Morgan fingerprint density at radius 1 is 1.00 bits per heavy atom. The van der Waals surface area contributed by atoms with Gasteiger partial charge in [0.2, 0.25) is 5.60 Å². The van der Waals surface area contributed by atoms with Crippen LogP contribution < -0.4 is 0 Å². The first-order valence-corrected chi connectivity index (χ1v) is 6.99. The Balaban J connectivity index is 2.25. The van der Waals surface area contributed by atoms with Gasteiger partial charge in [-0.05, 0) is 11.1 Å². The molecule has 0 aliphatic carbocycles. The highest BCUT2D eigenvalue weighted by atomic mass is 17.2. The SMILES string of the molecule is CC(=O)OOC(C#N)(Cc1ccccc1)Cc1ccccc1. The monoisotopic (exact) mass is 295 g/mol.